The molecule has 0 aliphatic heterocycles. The average molecular weight is 468 g/mol. The minimum Gasteiger partial charge on any atom is -0.462 e. The fourth-order valence-electron chi connectivity index (χ4n) is 3.11. The van der Waals surface area contributed by atoms with Gasteiger partial charge < -0.3 is 10.1 Å². The molecule has 32 heavy (non-hydrogen) atoms. The van der Waals surface area contributed by atoms with Crippen molar-refractivity contribution in [3.8, 4) is 11.1 Å². The molecule has 4 nitrogen and oxygen atoms in total. The van der Waals surface area contributed by atoms with E-state index in [0.717, 1.165) is 22.4 Å². The van der Waals surface area contributed by atoms with E-state index in [0.29, 0.717) is 17.2 Å². The Kier molecular flexibility index (Phi) is 8.15. The molecule has 0 saturated carbocycles. The smallest absolute Gasteiger partial charge is 0.341 e. The maximum atomic E-state index is 12.9. The number of ether oxygens (including phenoxy) is 1. The van der Waals surface area contributed by atoms with Crippen molar-refractivity contribution in [2.45, 2.75) is 44.4 Å². The Morgan fingerprint density at radius 2 is 1.72 bits per heavy atom. The second kappa shape index (κ2) is 10.8. The summed E-state index contributed by atoms with van der Waals surface area (Å²) < 4.78 is 5.44. The van der Waals surface area contributed by atoms with Crippen LogP contribution in [-0.2, 0) is 14.9 Å². The molecule has 0 unspecified atom stereocenters. The van der Waals surface area contributed by atoms with Crippen LogP contribution >= 0.6 is 23.1 Å². The topological polar surface area (TPSA) is 55.4 Å². The number of thiophene rings is 1. The van der Waals surface area contributed by atoms with E-state index in [1.165, 1.54) is 28.7 Å². The monoisotopic (exact) mass is 467 g/mol. The van der Waals surface area contributed by atoms with Gasteiger partial charge in [0.15, 0.2) is 0 Å². The number of nitrogens with one attached hydrogen (secondary N) is 1. The summed E-state index contributed by atoms with van der Waals surface area (Å²) in [5.74, 6) is -0.296. The Morgan fingerprint density at radius 3 is 2.34 bits per heavy atom. The van der Waals surface area contributed by atoms with Gasteiger partial charge in [-0.1, -0.05) is 70.2 Å². The van der Waals surface area contributed by atoms with E-state index in [2.05, 4.69) is 38.2 Å². The molecule has 3 rings (SSSR count). The van der Waals surface area contributed by atoms with E-state index in [1.54, 1.807) is 0 Å². The zero-order chi connectivity index (χ0) is 23.1. The maximum Gasteiger partial charge on any atom is 0.341 e. The van der Waals surface area contributed by atoms with E-state index >= 15 is 0 Å². The van der Waals surface area contributed by atoms with Crippen molar-refractivity contribution < 1.29 is 14.3 Å². The SMILES string of the molecule is CCCOC(=O)c1c(-c2ccc(C(C)(C)C)cc2)csc1NC(=O)CSc1ccccc1. The summed E-state index contributed by atoms with van der Waals surface area (Å²) >= 11 is 2.81. The summed E-state index contributed by atoms with van der Waals surface area (Å²) in [5.41, 5.74) is 3.40. The molecule has 0 aliphatic carbocycles. The summed E-state index contributed by atoms with van der Waals surface area (Å²) in [6, 6.07) is 18.0. The number of benzene rings is 2. The Bertz CT molecular complexity index is 1050. The van der Waals surface area contributed by atoms with Crippen molar-refractivity contribution in [3.05, 3.63) is 71.1 Å². The molecule has 1 aromatic heterocycles. The first-order valence-electron chi connectivity index (χ1n) is 10.7. The van der Waals surface area contributed by atoms with Crippen LogP contribution < -0.4 is 5.32 Å². The first kappa shape index (κ1) is 24.1. The van der Waals surface area contributed by atoms with E-state index in [-0.39, 0.29) is 17.1 Å². The Labute approximate surface area is 198 Å². The molecule has 3 aromatic rings. The number of esters is 1. The van der Waals surface area contributed by atoms with Crippen molar-refractivity contribution in [3.63, 3.8) is 0 Å². The molecule has 168 valence electrons. The highest BCUT2D eigenvalue weighted by Crippen LogP contribution is 2.37. The van der Waals surface area contributed by atoms with Gasteiger partial charge in [-0.2, -0.15) is 0 Å². The van der Waals surface area contributed by atoms with Gasteiger partial charge in [-0.15, -0.1) is 23.1 Å². The minimum absolute atomic E-state index is 0.0472. The highest BCUT2D eigenvalue weighted by molar-refractivity contribution is 8.00. The first-order valence-corrected chi connectivity index (χ1v) is 12.5. The van der Waals surface area contributed by atoms with Crippen molar-refractivity contribution in [2.75, 3.05) is 17.7 Å². The van der Waals surface area contributed by atoms with Crippen LogP contribution in [0, 0.1) is 0 Å². The van der Waals surface area contributed by atoms with E-state index < -0.39 is 5.97 Å². The summed E-state index contributed by atoms with van der Waals surface area (Å²) in [5, 5.41) is 5.36. The maximum absolute atomic E-state index is 12.9. The van der Waals surface area contributed by atoms with Crippen molar-refractivity contribution >= 4 is 40.0 Å². The normalized spacial score (nSPS) is 11.2. The van der Waals surface area contributed by atoms with Crippen LogP contribution in [0.5, 0.6) is 0 Å². The van der Waals surface area contributed by atoms with Crippen LogP contribution in [0.4, 0.5) is 5.00 Å². The van der Waals surface area contributed by atoms with Gasteiger partial charge in [-0.3, -0.25) is 4.79 Å². The fourth-order valence-corrected chi connectivity index (χ4v) is 4.80. The van der Waals surface area contributed by atoms with Crippen LogP contribution in [0.25, 0.3) is 11.1 Å². The largest absolute Gasteiger partial charge is 0.462 e. The summed E-state index contributed by atoms with van der Waals surface area (Å²) in [6.07, 6.45) is 0.737. The third-order valence-electron chi connectivity index (χ3n) is 4.86. The molecule has 1 amide bonds. The summed E-state index contributed by atoms with van der Waals surface area (Å²) in [4.78, 5) is 26.5. The van der Waals surface area contributed by atoms with Crippen molar-refractivity contribution in [2.24, 2.45) is 0 Å². The molecule has 2 aromatic carbocycles. The second-order valence-electron chi connectivity index (χ2n) is 8.47. The molecule has 0 spiro atoms. The Morgan fingerprint density at radius 1 is 1.03 bits per heavy atom. The summed E-state index contributed by atoms with van der Waals surface area (Å²) in [6.45, 7) is 8.80. The fraction of sp³-hybridized carbons (Fsp3) is 0.308. The van der Waals surface area contributed by atoms with E-state index in [4.69, 9.17) is 4.74 Å². The third kappa shape index (κ3) is 6.24. The molecule has 0 saturated heterocycles. The van der Waals surface area contributed by atoms with Gasteiger partial charge in [0.1, 0.15) is 10.6 Å². The van der Waals surface area contributed by atoms with Crippen molar-refractivity contribution in [1.82, 2.24) is 0 Å². The number of anilines is 1. The quantitative estimate of drug-likeness (QED) is 0.286. The second-order valence-corrected chi connectivity index (χ2v) is 10.4. The zero-order valence-corrected chi connectivity index (χ0v) is 20.6. The van der Waals surface area contributed by atoms with E-state index in [9.17, 15) is 9.59 Å². The Hall–Kier alpha value is -2.57. The van der Waals surface area contributed by atoms with Gasteiger partial charge in [0, 0.05) is 15.8 Å². The Balaban J connectivity index is 1.83. The molecule has 0 aliphatic rings. The molecular formula is C26H29NO3S2. The van der Waals surface area contributed by atoms with Crippen LogP contribution in [0.1, 0.15) is 50.0 Å². The van der Waals surface area contributed by atoms with Gasteiger partial charge in [0.25, 0.3) is 0 Å². The first-order chi connectivity index (χ1) is 15.3. The zero-order valence-electron chi connectivity index (χ0n) is 18.9. The minimum atomic E-state index is -0.408. The molecule has 0 bridgehead atoms. The molecular weight excluding hydrogens is 438 g/mol. The van der Waals surface area contributed by atoms with Crippen LogP contribution in [0.15, 0.2) is 64.9 Å². The number of thioether (sulfide) groups is 1. The average Bonchev–Trinajstić information content (AvgIpc) is 3.19. The molecule has 0 atom stereocenters. The van der Waals surface area contributed by atoms with Gasteiger partial charge >= 0.3 is 5.97 Å². The van der Waals surface area contributed by atoms with E-state index in [1.807, 2.05) is 54.8 Å². The number of carbonyl (C=O) groups is 2. The van der Waals surface area contributed by atoms with Gasteiger partial charge in [-0.25, -0.2) is 4.79 Å². The predicted octanol–water partition coefficient (Wildman–Crippen LogP) is 7.01. The molecule has 6 heteroatoms. The van der Waals surface area contributed by atoms with Crippen LogP contribution in [-0.4, -0.2) is 24.2 Å². The number of hydrogen-bond donors (Lipinski definition) is 1. The number of carbonyl (C=O) groups excluding carboxylic acids is 2. The highest BCUT2D eigenvalue weighted by Gasteiger charge is 2.23. The number of hydrogen-bond acceptors (Lipinski definition) is 5. The highest BCUT2D eigenvalue weighted by atomic mass is 32.2. The molecule has 1 heterocycles. The molecule has 1 N–H and O–H groups in total. The third-order valence-corrected chi connectivity index (χ3v) is 6.77. The van der Waals surface area contributed by atoms with Gasteiger partial charge in [0.2, 0.25) is 5.91 Å². The van der Waals surface area contributed by atoms with Gasteiger partial charge in [-0.05, 0) is 35.1 Å². The lowest BCUT2D eigenvalue weighted by Gasteiger charge is -2.19. The van der Waals surface area contributed by atoms with Crippen molar-refractivity contribution in [1.29, 1.82) is 0 Å². The predicted molar refractivity (Wildman–Crippen MR) is 135 cm³/mol. The standard InChI is InChI=1S/C26H29NO3S2/c1-5-15-30-25(29)23-21(18-11-13-19(14-12-18)26(2,3)4)16-32-24(23)27-22(28)17-31-20-9-7-6-8-10-20/h6-14,16H,5,15,17H2,1-4H3,(H,27,28). The summed E-state index contributed by atoms with van der Waals surface area (Å²) in [7, 11) is 0. The molecule has 0 fully saturated rings. The molecule has 0 radical (unpaired) electrons. The van der Waals surface area contributed by atoms with Gasteiger partial charge in [0.05, 0.1) is 12.4 Å². The number of rotatable bonds is 8. The lowest BCUT2D eigenvalue weighted by atomic mass is 9.86. The lowest BCUT2D eigenvalue weighted by molar-refractivity contribution is -0.113. The number of amides is 1. The van der Waals surface area contributed by atoms with Crippen LogP contribution in [0.3, 0.4) is 0 Å². The van der Waals surface area contributed by atoms with Crippen LogP contribution in [0.2, 0.25) is 0 Å². The lowest BCUT2D eigenvalue weighted by Crippen LogP contribution is -2.16.